The van der Waals surface area contributed by atoms with Crippen molar-refractivity contribution < 1.29 is 4.79 Å². The molecule has 0 aliphatic heterocycles. The van der Waals surface area contributed by atoms with Gasteiger partial charge in [-0.1, -0.05) is 39.0 Å². The SMILES string of the molecule is Cc1c(CC(C)(C)C)sc(NC(=O)Nc2ccccc2)c1C#N. The summed E-state index contributed by atoms with van der Waals surface area (Å²) in [6.07, 6.45) is 0.875. The van der Waals surface area contributed by atoms with Gasteiger partial charge in [-0.2, -0.15) is 5.26 Å². The quantitative estimate of drug-likeness (QED) is 0.817. The van der Waals surface area contributed by atoms with Crippen LogP contribution in [0.4, 0.5) is 15.5 Å². The number of rotatable bonds is 3. The van der Waals surface area contributed by atoms with E-state index >= 15 is 0 Å². The molecule has 0 bridgehead atoms. The third-order valence-electron chi connectivity index (χ3n) is 3.31. The summed E-state index contributed by atoms with van der Waals surface area (Å²) < 4.78 is 0. The van der Waals surface area contributed by atoms with Crippen molar-refractivity contribution in [2.75, 3.05) is 10.6 Å². The molecule has 1 aromatic carbocycles. The van der Waals surface area contributed by atoms with Gasteiger partial charge in [0.2, 0.25) is 0 Å². The maximum atomic E-state index is 12.1. The molecular weight excluding hydrogens is 306 g/mol. The predicted molar refractivity (Wildman–Crippen MR) is 96.0 cm³/mol. The number of carbonyl (C=O) groups is 1. The molecule has 0 atom stereocenters. The van der Waals surface area contributed by atoms with E-state index in [0.29, 0.717) is 16.3 Å². The first-order valence-electron chi connectivity index (χ1n) is 7.45. The molecule has 0 unspecified atom stereocenters. The Morgan fingerprint density at radius 1 is 1.22 bits per heavy atom. The highest BCUT2D eigenvalue weighted by Gasteiger charge is 2.21. The van der Waals surface area contributed by atoms with E-state index in [1.807, 2.05) is 37.3 Å². The van der Waals surface area contributed by atoms with E-state index in [1.165, 1.54) is 11.3 Å². The normalized spacial score (nSPS) is 10.9. The van der Waals surface area contributed by atoms with Gasteiger partial charge < -0.3 is 5.32 Å². The predicted octanol–water partition coefficient (Wildman–Crippen LogP) is 5.16. The minimum absolute atomic E-state index is 0.131. The summed E-state index contributed by atoms with van der Waals surface area (Å²) in [5, 5.41) is 15.6. The minimum atomic E-state index is -0.337. The van der Waals surface area contributed by atoms with Crippen LogP contribution >= 0.6 is 11.3 Å². The van der Waals surface area contributed by atoms with Gasteiger partial charge in [-0.3, -0.25) is 5.32 Å². The zero-order valence-corrected chi connectivity index (χ0v) is 14.7. The number of thiophene rings is 1. The maximum Gasteiger partial charge on any atom is 0.324 e. The number of nitrogens with one attached hydrogen (secondary N) is 2. The Hall–Kier alpha value is -2.32. The molecule has 2 amide bonds. The molecule has 0 aliphatic carbocycles. The van der Waals surface area contributed by atoms with Gasteiger partial charge in [-0.05, 0) is 36.5 Å². The lowest BCUT2D eigenvalue weighted by molar-refractivity contribution is 0.262. The summed E-state index contributed by atoms with van der Waals surface area (Å²) in [6, 6.07) is 11.1. The number of hydrogen-bond acceptors (Lipinski definition) is 3. The molecule has 2 aromatic rings. The highest BCUT2D eigenvalue weighted by molar-refractivity contribution is 7.16. The van der Waals surface area contributed by atoms with Gasteiger partial charge in [0, 0.05) is 10.6 Å². The van der Waals surface area contributed by atoms with E-state index in [0.717, 1.165) is 16.9 Å². The third kappa shape index (κ3) is 4.57. The number of hydrogen-bond donors (Lipinski definition) is 2. The minimum Gasteiger partial charge on any atom is -0.308 e. The number of benzene rings is 1. The number of anilines is 2. The Bertz CT molecular complexity index is 736. The summed E-state index contributed by atoms with van der Waals surface area (Å²) in [5.74, 6) is 0. The lowest BCUT2D eigenvalue weighted by atomic mass is 9.90. The van der Waals surface area contributed by atoms with Gasteiger partial charge in [0.15, 0.2) is 0 Å². The van der Waals surface area contributed by atoms with Crippen LogP contribution in [0.2, 0.25) is 0 Å². The van der Waals surface area contributed by atoms with E-state index in [2.05, 4.69) is 37.5 Å². The number of nitriles is 1. The van der Waals surface area contributed by atoms with Crippen LogP contribution in [-0.4, -0.2) is 6.03 Å². The fourth-order valence-corrected chi connectivity index (χ4v) is 3.67. The lowest BCUT2D eigenvalue weighted by Gasteiger charge is -2.17. The van der Waals surface area contributed by atoms with Crippen molar-refractivity contribution >= 4 is 28.1 Å². The first-order valence-corrected chi connectivity index (χ1v) is 8.27. The Balaban J connectivity index is 2.18. The second-order valence-corrected chi connectivity index (χ2v) is 7.75. The summed E-state index contributed by atoms with van der Waals surface area (Å²) in [5.41, 5.74) is 2.36. The molecule has 2 N–H and O–H groups in total. The molecule has 0 aliphatic rings. The van der Waals surface area contributed by atoms with Gasteiger partial charge in [0.05, 0.1) is 5.56 Å². The van der Waals surface area contributed by atoms with Crippen LogP contribution in [0.25, 0.3) is 0 Å². The van der Waals surface area contributed by atoms with Crippen LogP contribution < -0.4 is 10.6 Å². The van der Waals surface area contributed by atoms with E-state index in [4.69, 9.17) is 0 Å². The highest BCUT2D eigenvalue weighted by atomic mass is 32.1. The van der Waals surface area contributed by atoms with Crippen LogP contribution in [0.1, 0.15) is 36.8 Å². The first kappa shape index (κ1) is 17.0. The van der Waals surface area contributed by atoms with Gasteiger partial charge in [-0.25, -0.2) is 4.79 Å². The van der Waals surface area contributed by atoms with Crippen LogP contribution in [0, 0.1) is 23.7 Å². The Morgan fingerprint density at radius 3 is 2.43 bits per heavy atom. The average molecular weight is 327 g/mol. The fourth-order valence-electron chi connectivity index (χ4n) is 2.22. The van der Waals surface area contributed by atoms with Crippen molar-refractivity contribution in [3.8, 4) is 6.07 Å². The molecule has 1 aromatic heterocycles. The maximum absolute atomic E-state index is 12.1. The summed E-state index contributed by atoms with van der Waals surface area (Å²) in [7, 11) is 0. The summed E-state index contributed by atoms with van der Waals surface area (Å²) in [6.45, 7) is 8.42. The monoisotopic (exact) mass is 327 g/mol. The number of amides is 2. The molecule has 23 heavy (non-hydrogen) atoms. The van der Waals surface area contributed by atoms with Crippen LogP contribution in [0.5, 0.6) is 0 Å². The molecule has 1 heterocycles. The van der Waals surface area contributed by atoms with Gasteiger partial charge >= 0.3 is 6.03 Å². The molecule has 120 valence electrons. The smallest absolute Gasteiger partial charge is 0.308 e. The lowest BCUT2D eigenvalue weighted by Crippen LogP contribution is -2.19. The number of para-hydroxylation sites is 1. The van der Waals surface area contributed by atoms with Crippen molar-refractivity contribution in [1.29, 1.82) is 5.26 Å². The molecule has 5 heteroatoms. The van der Waals surface area contributed by atoms with E-state index in [9.17, 15) is 10.1 Å². The summed E-state index contributed by atoms with van der Waals surface area (Å²) in [4.78, 5) is 13.3. The summed E-state index contributed by atoms with van der Waals surface area (Å²) >= 11 is 1.48. The molecule has 0 saturated heterocycles. The van der Waals surface area contributed by atoms with E-state index < -0.39 is 0 Å². The van der Waals surface area contributed by atoms with Crippen molar-refractivity contribution in [3.63, 3.8) is 0 Å². The van der Waals surface area contributed by atoms with Gasteiger partial charge in [-0.15, -0.1) is 11.3 Å². The molecule has 0 radical (unpaired) electrons. The zero-order chi connectivity index (χ0) is 17.0. The van der Waals surface area contributed by atoms with Gasteiger partial charge in [0.25, 0.3) is 0 Å². The topological polar surface area (TPSA) is 64.9 Å². The fraction of sp³-hybridized carbons (Fsp3) is 0.333. The second kappa shape index (κ2) is 6.84. The van der Waals surface area contributed by atoms with Crippen LogP contribution in [0.15, 0.2) is 30.3 Å². The molecular formula is C18H21N3OS. The number of carbonyl (C=O) groups excluding carboxylic acids is 1. The molecule has 4 nitrogen and oxygen atoms in total. The van der Waals surface area contributed by atoms with Crippen molar-refractivity contribution in [2.24, 2.45) is 5.41 Å². The Labute approximate surface area is 141 Å². The molecule has 0 saturated carbocycles. The second-order valence-electron chi connectivity index (χ2n) is 6.65. The molecule has 0 fully saturated rings. The zero-order valence-electron chi connectivity index (χ0n) is 13.9. The van der Waals surface area contributed by atoms with Crippen molar-refractivity contribution in [1.82, 2.24) is 0 Å². The first-order chi connectivity index (χ1) is 10.8. The van der Waals surface area contributed by atoms with Crippen molar-refractivity contribution in [2.45, 2.75) is 34.1 Å². The Kier molecular flexibility index (Phi) is 5.07. The average Bonchev–Trinajstić information content (AvgIpc) is 2.73. The third-order valence-corrected chi connectivity index (χ3v) is 4.51. The largest absolute Gasteiger partial charge is 0.324 e. The van der Waals surface area contributed by atoms with E-state index in [-0.39, 0.29) is 11.4 Å². The molecule has 0 spiro atoms. The highest BCUT2D eigenvalue weighted by Crippen LogP contribution is 2.36. The number of nitrogens with zero attached hydrogens (tertiary/aromatic N) is 1. The number of urea groups is 1. The molecule has 2 rings (SSSR count). The van der Waals surface area contributed by atoms with Crippen LogP contribution in [-0.2, 0) is 6.42 Å². The Morgan fingerprint density at radius 2 is 1.87 bits per heavy atom. The van der Waals surface area contributed by atoms with Crippen molar-refractivity contribution in [3.05, 3.63) is 46.3 Å². The van der Waals surface area contributed by atoms with Gasteiger partial charge in [0.1, 0.15) is 11.1 Å². The van der Waals surface area contributed by atoms with Crippen LogP contribution in [0.3, 0.4) is 0 Å². The standard InChI is InChI=1S/C18H21N3OS/c1-12-14(11-19)16(23-15(12)10-18(2,3)4)21-17(22)20-13-8-6-5-7-9-13/h5-9H,10H2,1-4H3,(H2,20,21,22). The van der Waals surface area contributed by atoms with E-state index in [1.54, 1.807) is 0 Å².